The normalized spacial score (nSPS) is 14.7. The molecule has 0 aliphatic carbocycles. The molecule has 4 rings (SSSR count). The second-order valence-electron chi connectivity index (χ2n) is 6.45. The van der Waals surface area contributed by atoms with E-state index in [4.69, 9.17) is 0 Å². The minimum atomic E-state index is -1.73. The van der Waals surface area contributed by atoms with Crippen LogP contribution in [0.4, 0.5) is 15.1 Å². The van der Waals surface area contributed by atoms with E-state index in [0.29, 0.717) is 0 Å². The van der Waals surface area contributed by atoms with Gasteiger partial charge in [0.15, 0.2) is 0 Å². The van der Waals surface area contributed by atoms with Crippen LogP contribution in [0.5, 0.6) is 0 Å². The van der Waals surface area contributed by atoms with Crippen LogP contribution in [0.2, 0.25) is 12.1 Å². The Morgan fingerprint density at radius 1 is 0.880 bits per heavy atom. The van der Waals surface area contributed by atoms with Gasteiger partial charge < -0.3 is 0 Å². The SMILES string of the molecule is CC[Si]1(CC)c2ccccc2N(c2ccc(C=O)[te]2)c2ccccc21. The predicted octanol–water partition coefficient (Wildman–Crippen LogP) is 3.94. The molecule has 4 heteroatoms. The van der Waals surface area contributed by atoms with Crippen molar-refractivity contribution in [1.82, 2.24) is 0 Å². The first kappa shape index (κ1) is 16.8. The Balaban J connectivity index is 2.03. The number of hydrogen-bond acceptors (Lipinski definition) is 2. The molecule has 0 fully saturated rings. The van der Waals surface area contributed by atoms with Gasteiger partial charge in [-0.25, -0.2) is 0 Å². The number of anilines is 3. The molecule has 0 spiro atoms. The Hall–Kier alpha value is -1.60. The Morgan fingerprint density at radius 3 is 1.92 bits per heavy atom. The number of fused-ring (bicyclic) bond motifs is 2. The molecular weight excluding hydrogens is 438 g/mol. The fourth-order valence-corrected chi connectivity index (χ4v) is 11.1. The number of carbonyl (C=O) groups excluding carboxylic acids is 1. The van der Waals surface area contributed by atoms with Gasteiger partial charge in [-0.15, -0.1) is 0 Å². The van der Waals surface area contributed by atoms with Crippen molar-refractivity contribution in [2.75, 3.05) is 4.90 Å². The average molecular weight is 459 g/mol. The third kappa shape index (κ3) is 2.47. The monoisotopic (exact) mass is 461 g/mol. The van der Waals surface area contributed by atoms with Gasteiger partial charge in [0.2, 0.25) is 0 Å². The molecule has 0 saturated carbocycles. The van der Waals surface area contributed by atoms with E-state index in [0.717, 1.165) is 9.87 Å². The molecule has 0 bridgehead atoms. The number of aldehydes is 1. The van der Waals surface area contributed by atoms with E-state index in [1.807, 2.05) is 6.07 Å². The van der Waals surface area contributed by atoms with Crippen LogP contribution in [-0.4, -0.2) is 34.8 Å². The molecule has 3 aromatic rings. The maximum absolute atomic E-state index is 11.2. The summed E-state index contributed by atoms with van der Waals surface area (Å²) in [5.41, 5.74) is 2.68. The first-order valence-corrected chi connectivity index (χ1v) is 13.5. The van der Waals surface area contributed by atoms with Gasteiger partial charge in [-0.05, 0) is 0 Å². The van der Waals surface area contributed by atoms with Crippen molar-refractivity contribution in [3.63, 3.8) is 0 Å². The second-order valence-corrected chi connectivity index (χ2v) is 14.2. The second kappa shape index (κ2) is 6.61. The zero-order valence-corrected chi connectivity index (χ0v) is 17.9. The van der Waals surface area contributed by atoms with Crippen molar-refractivity contribution in [2.45, 2.75) is 25.9 Å². The summed E-state index contributed by atoms with van der Waals surface area (Å²) < 4.78 is 2.30. The summed E-state index contributed by atoms with van der Waals surface area (Å²) in [5, 5.41) is 3.10. The molecular formula is C21H21NOSiTe. The van der Waals surface area contributed by atoms with E-state index in [9.17, 15) is 4.79 Å². The standard InChI is InChI=1S/C21H21NOSiTe/c1-3-24(4-2)19-11-7-5-9-17(19)22(18-10-6-8-12-20(18)24)21-14-13-16(15-23)25-21/h5-15H,3-4H2,1-2H3. The Kier molecular flexibility index (Phi) is 4.45. The minimum absolute atomic E-state index is 0.615. The van der Waals surface area contributed by atoms with Gasteiger partial charge >= 0.3 is 160 Å². The fraction of sp³-hybridized carbons (Fsp3) is 0.190. The molecule has 1 aromatic heterocycles. The van der Waals surface area contributed by atoms with E-state index in [-0.39, 0.29) is 0 Å². The number of benzene rings is 2. The van der Waals surface area contributed by atoms with Crippen LogP contribution in [0.1, 0.15) is 22.2 Å². The summed E-state index contributed by atoms with van der Waals surface area (Å²) >= 11 is -0.615. The molecule has 2 aromatic carbocycles. The molecule has 2 heterocycles. The molecule has 0 N–H and O–H groups in total. The van der Waals surface area contributed by atoms with Crippen molar-refractivity contribution in [1.29, 1.82) is 0 Å². The zero-order chi connectivity index (χ0) is 17.4. The molecule has 0 atom stereocenters. The number of hydrogen-bond donors (Lipinski definition) is 0. The summed E-state index contributed by atoms with van der Waals surface area (Å²) in [6.07, 6.45) is 1.03. The van der Waals surface area contributed by atoms with Crippen LogP contribution in [0.15, 0.2) is 60.7 Å². The van der Waals surface area contributed by atoms with Crippen LogP contribution in [-0.2, 0) is 0 Å². The quantitative estimate of drug-likeness (QED) is 0.436. The molecule has 0 radical (unpaired) electrons. The third-order valence-corrected chi connectivity index (χ3v) is 13.6. The van der Waals surface area contributed by atoms with Gasteiger partial charge in [-0.1, -0.05) is 0 Å². The summed E-state index contributed by atoms with van der Waals surface area (Å²) in [4.78, 5) is 13.7. The zero-order valence-electron chi connectivity index (χ0n) is 14.5. The first-order valence-electron chi connectivity index (χ1n) is 8.79. The molecule has 126 valence electrons. The van der Waals surface area contributed by atoms with Gasteiger partial charge in [-0.2, -0.15) is 0 Å². The van der Waals surface area contributed by atoms with Crippen molar-refractivity contribution in [2.24, 2.45) is 0 Å². The fourth-order valence-electron chi connectivity index (χ4n) is 4.20. The average Bonchev–Trinajstić information content (AvgIpc) is 3.15. The number of carbonyl (C=O) groups is 1. The molecule has 0 saturated heterocycles. The maximum atomic E-state index is 11.2. The van der Waals surface area contributed by atoms with Crippen molar-refractivity contribution in [3.8, 4) is 0 Å². The topological polar surface area (TPSA) is 20.3 Å². The summed E-state index contributed by atoms with van der Waals surface area (Å²) in [7, 11) is -1.73. The van der Waals surface area contributed by atoms with Crippen molar-refractivity contribution < 1.29 is 4.79 Å². The van der Waals surface area contributed by atoms with Crippen molar-refractivity contribution >= 4 is 60.2 Å². The van der Waals surface area contributed by atoms with Crippen LogP contribution < -0.4 is 15.3 Å². The number of rotatable bonds is 4. The first-order chi connectivity index (χ1) is 12.2. The predicted molar refractivity (Wildman–Crippen MR) is 109 cm³/mol. The number of para-hydroxylation sites is 2. The summed E-state index contributed by atoms with van der Waals surface area (Å²) in [6, 6.07) is 24.5. The van der Waals surface area contributed by atoms with E-state index in [2.05, 4.69) is 73.3 Å². The molecule has 0 unspecified atom stereocenters. The Morgan fingerprint density at radius 2 is 1.44 bits per heavy atom. The van der Waals surface area contributed by atoms with Gasteiger partial charge in [0, 0.05) is 0 Å². The van der Waals surface area contributed by atoms with E-state index in [1.165, 1.54) is 27.2 Å². The van der Waals surface area contributed by atoms with Crippen LogP contribution in [0.3, 0.4) is 0 Å². The van der Waals surface area contributed by atoms with Gasteiger partial charge in [0.25, 0.3) is 0 Å². The summed E-state index contributed by atoms with van der Waals surface area (Å²) in [5.74, 6) is 0. The van der Waals surface area contributed by atoms with E-state index < -0.39 is 28.5 Å². The van der Waals surface area contributed by atoms with Gasteiger partial charge in [0.05, 0.1) is 0 Å². The molecule has 2 nitrogen and oxygen atoms in total. The van der Waals surface area contributed by atoms with E-state index in [1.54, 1.807) is 10.4 Å². The van der Waals surface area contributed by atoms with Crippen LogP contribution in [0.25, 0.3) is 0 Å². The molecule has 1 aliphatic rings. The van der Waals surface area contributed by atoms with Crippen molar-refractivity contribution in [3.05, 3.63) is 64.2 Å². The molecule has 0 amide bonds. The Labute approximate surface area is 159 Å². The Bertz CT molecular complexity index is 879. The van der Waals surface area contributed by atoms with Gasteiger partial charge in [0.1, 0.15) is 0 Å². The molecule has 1 aliphatic heterocycles. The van der Waals surface area contributed by atoms with Crippen LogP contribution in [0, 0.1) is 0 Å². The van der Waals surface area contributed by atoms with Gasteiger partial charge in [-0.3, -0.25) is 0 Å². The van der Waals surface area contributed by atoms with Crippen LogP contribution >= 0.6 is 0 Å². The third-order valence-electron chi connectivity index (χ3n) is 5.48. The number of nitrogens with zero attached hydrogens (tertiary/aromatic N) is 1. The van der Waals surface area contributed by atoms with E-state index >= 15 is 0 Å². The summed E-state index contributed by atoms with van der Waals surface area (Å²) in [6.45, 7) is 4.71. The molecule has 25 heavy (non-hydrogen) atoms.